The molecule has 1 aliphatic carbocycles. The summed E-state index contributed by atoms with van der Waals surface area (Å²) in [6.45, 7) is 2.29. The lowest BCUT2D eigenvalue weighted by Gasteiger charge is -2.28. The molecule has 0 amide bonds. The second-order valence-electron chi connectivity index (χ2n) is 5.66. The maximum atomic E-state index is 6.13. The Morgan fingerprint density at radius 3 is 2.70 bits per heavy atom. The maximum absolute atomic E-state index is 6.13. The van der Waals surface area contributed by atoms with Gasteiger partial charge in [-0.3, -0.25) is 0 Å². The van der Waals surface area contributed by atoms with E-state index in [1.807, 2.05) is 24.3 Å². The largest absolute Gasteiger partial charge is 0.490 e. The van der Waals surface area contributed by atoms with Gasteiger partial charge in [0.25, 0.3) is 0 Å². The Labute approximate surface area is 125 Å². The predicted molar refractivity (Wildman–Crippen MR) is 83.4 cm³/mol. The van der Waals surface area contributed by atoms with Crippen LogP contribution in [0.4, 0.5) is 0 Å². The topological polar surface area (TPSA) is 22.1 Å². The van der Waals surface area contributed by atoms with Crippen LogP contribution in [0.1, 0.15) is 39.0 Å². The molecule has 0 saturated heterocycles. The van der Waals surface area contributed by atoms with Crippen LogP contribution in [0.25, 0.3) is 10.9 Å². The summed E-state index contributed by atoms with van der Waals surface area (Å²) in [7, 11) is 0. The highest BCUT2D eigenvalue weighted by molar-refractivity contribution is 6.29. The molecule has 1 heterocycles. The number of halogens is 1. The second-order valence-corrected chi connectivity index (χ2v) is 6.04. The average molecular weight is 290 g/mol. The Morgan fingerprint density at radius 2 is 1.95 bits per heavy atom. The van der Waals surface area contributed by atoms with Crippen molar-refractivity contribution in [3.63, 3.8) is 0 Å². The van der Waals surface area contributed by atoms with E-state index in [9.17, 15) is 0 Å². The molecule has 1 aliphatic rings. The number of hydrogen-bond acceptors (Lipinski definition) is 2. The highest BCUT2D eigenvalue weighted by atomic mass is 35.5. The Morgan fingerprint density at radius 1 is 1.15 bits per heavy atom. The zero-order chi connectivity index (χ0) is 13.9. The molecule has 0 N–H and O–H groups in total. The molecule has 3 heteroatoms. The van der Waals surface area contributed by atoms with Crippen LogP contribution in [0.5, 0.6) is 5.75 Å². The second kappa shape index (κ2) is 6.01. The van der Waals surface area contributed by atoms with E-state index in [2.05, 4.69) is 18.0 Å². The third-order valence-electron chi connectivity index (χ3n) is 4.30. The molecule has 2 nitrogen and oxygen atoms in total. The molecular formula is C17H20ClNO. The van der Waals surface area contributed by atoms with Gasteiger partial charge in [-0.15, -0.1) is 0 Å². The highest BCUT2D eigenvalue weighted by Crippen LogP contribution is 2.30. The van der Waals surface area contributed by atoms with E-state index in [0.29, 0.717) is 11.3 Å². The standard InChI is InChI=1S/C17H20ClNO/c1-2-12-3-6-14(7-4-12)20-15-8-9-16-13(11-15)5-10-17(18)19-16/h5,8-12,14H,2-4,6-7H2,1H3/t12-,14+. The van der Waals surface area contributed by atoms with Crippen molar-refractivity contribution in [1.29, 1.82) is 0 Å². The fraction of sp³-hybridized carbons (Fsp3) is 0.471. The minimum absolute atomic E-state index is 0.371. The van der Waals surface area contributed by atoms with Crippen molar-refractivity contribution in [3.05, 3.63) is 35.5 Å². The highest BCUT2D eigenvalue weighted by Gasteiger charge is 2.21. The van der Waals surface area contributed by atoms with Crippen molar-refractivity contribution >= 4 is 22.5 Å². The van der Waals surface area contributed by atoms with Crippen LogP contribution in [0.15, 0.2) is 30.3 Å². The number of rotatable bonds is 3. The van der Waals surface area contributed by atoms with E-state index >= 15 is 0 Å². The summed E-state index contributed by atoms with van der Waals surface area (Å²) in [4.78, 5) is 4.29. The van der Waals surface area contributed by atoms with E-state index < -0.39 is 0 Å². The molecule has 1 aromatic carbocycles. The first kappa shape index (κ1) is 13.7. The van der Waals surface area contributed by atoms with Gasteiger partial charge in [-0.25, -0.2) is 4.98 Å². The molecule has 3 rings (SSSR count). The van der Waals surface area contributed by atoms with Gasteiger partial charge in [-0.2, -0.15) is 0 Å². The third-order valence-corrected chi connectivity index (χ3v) is 4.51. The van der Waals surface area contributed by atoms with Crippen molar-refractivity contribution in [3.8, 4) is 5.75 Å². The average Bonchev–Trinajstić information content (AvgIpc) is 2.48. The quantitative estimate of drug-likeness (QED) is 0.721. The van der Waals surface area contributed by atoms with Crippen molar-refractivity contribution in [2.45, 2.75) is 45.1 Å². The van der Waals surface area contributed by atoms with E-state index in [1.165, 1.54) is 32.1 Å². The summed E-state index contributed by atoms with van der Waals surface area (Å²) >= 11 is 5.90. The number of benzene rings is 1. The van der Waals surface area contributed by atoms with E-state index in [-0.39, 0.29) is 0 Å². The first-order valence-corrected chi connectivity index (χ1v) is 7.85. The van der Waals surface area contributed by atoms with Gasteiger partial charge in [0.15, 0.2) is 0 Å². The lowest BCUT2D eigenvalue weighted by molar-refractivity contribution is 0.130. The number of hydrogen-bond donors (Lipinski definition) is 0. The van der Waals surface area contributed by atoms with Gasteiger partial charge >= 0.3 is 0 Å². The zero-order valence-corrected chi connectivity index (χ0v) is 12.6. The summed E-state index contributed by atoms with van der Waals surface area (Å²) in [6, 6.07) is 9.85. The van der Waals surface area contributed by atoms with Crippen molar-refractivity contribution in [2.24, 2.45) is 5.92 Å². The molecule has 106 valence electrons. The summed E-state index contributed by atoms with van der Waals surface area (Å²) in [5, 5.41) is 1.61. The molecule has 0 aliphatic heterocycles. The lowest BCUT2D eigenvalue weighted by atomic mass is 9.86. The predicted octanol–water partition coefficient (Wildman–Crippen LogP) is 5.24. The normalized spacial score (nSPS) is 22.9. The Kier molecular flexibility index (Phi) is 4.11. The molecular weight excluding hydrogens is 270 g/mol. The van der Waals surface area contributed by atoms with E-state index in [4.69, 9.17) is 16.3 Å². The molecule has 1 fully saturated rings. The molecule has 0 unspecified atom stereocenters. The Hall–Kier alpha value is -1.28. The monoisotopic (exact) mass is 289 g/mol. The SMILES string of the molecule is CC[C@H]1CC[C@@H](Oc2ccc3nc(Cl)ccc3c2)CC1. The van der Waals surface area contributed by atoms with Gasteiger partial charge in [-0.05, 0) is 61.9 Å². The fourth-order valence-electron chi connectivity index (χ4n) is 3.00. The summed E-state index contributed by atoms with van der Waals surface area (Å²) in [6.07, 6.45) is 6.62. The Balaban J connectivity index is 1.70. The van der Waals surface area contributed by atoms with Crippen LogP contribution in [0.2, 0.25) is 5.15 Å². The molecule has 1 saturated carbocycles. The van der Waals surface area contributed by atoms with Gasteiger partial charge in [0.1, 0.15) is 10.9 Å². The first-order chi connectivity index (χ1) is 9.74. The molecule has 0 spiro atoms. The lowest BCUT2D eigenvalue weighted by Crippen LogP contribution is -2.23. The van der Waals surface area contributed by atoms with Crippen LogP contribution >= 0.6 is 11.6 Å². The van der Waals surface area contributed by atoms with Crippen LogP contribution in [0.3, 0.4) is 0 Å². The molecule has 0 bridgehead atoms. The van der Waals surface area contributed by atoms with Crippen LogP contribution in [-0.4, -0.2) is 11.1 Å². The number of aromatic nitrogens is 1. The van der Waals surface area contributed by atoms with Crippen molar-refractivity contribution in [1.82, 2.24) is 4.98 Å². The van der Waals surface area contributed by atoms with Crippen LogP contribution in [0, 0.1) is 5.92 Å². The molecule has 20 heavy (non-hydrogen) atoms. The summed E-state index contributed by atoms with van der Waals surface area (Å²) in [5.41, 5.74) is 0.916. The van der Waals surface area contributed by atoms with Gasteiger partial charge in [-0.1, -0.05) is 24.9 Å². The minimum Gasteiger partial charge on any atom is -0.490 e. The first-order valence-electron chi connectivity index (χ1n) is 7.47. The molecule has 0 atom stereocenters. The fourth-order valence-corrected chi connectivity index (χ4v) is 3.16. The zero-order valence-electron chi connectivity index (χ0n) is 11.8. The van der Waals surface area contributed by atoms with Crippen molar-refractivity contribution in [2.75, 3.05) is 0 Å². The van der Waals surface area contributed by atoms with Crippen molar-refractivity contribution < 1.29 is 4.74 Å². The number of nitrogens with zero attached hydrogens (tertiary/aromatic N) is 1. The van der Waals surface area contributed by atoms with Gasteiger partial charge in [0.2, 0.25) is 0 Å². The third kappa shape index (κ3) is 3.06. The van der Waals surface area contributed by atoms with Crippen LogP contribution in [-0.2, 0) is 0 Å². The summed E-state index contributed by atoms with van der Waals surface area (Å²) in [5.74, 6) is 1.85. The molecule has 2 aromatic rings. The van der Waals surface area contributed by atoms with Gasteiger partial charge in [0, 0.05) is 5.39 Å². The van der Waals surface area contributed by atoms with E-state index in [0.717, 1.165) is 22.6 Å². The van der Waals surface area contributed by atoms with E-state index in [1.54, 1.807) is 0 Å². The number of pyridine rings is 1. The number of ether oxygens (including phenoxy) is 1. The maximum Gasteiger partial charge on any atom is 0.129 e. The molecule has 1 aromatic heterocycles. The van der Waals surface area contributed by atoms with Gasteiger partial charge in [0.05, 0.1) is 11.6 Å². The molecule has 0 radical (unpaired) electrons. The summed E-state index contributed by atoms with van der Waals surface area (Å²) < 4.78 is 6.13. The van der Waals surface area contributed by atoms with Crippen LogP contribution < -0.4 is 4.74 Å². The minimum atomic E-state index is 0.371. The van der Waals surface area contributed by atoms with Gasteiger partial charge < -0.3 is 4.74 Å². The number of fused-ring (bicyclic) bond motifs is 1. The smallest absolute Gasteiger partial charge is 0.129 e. The Bertz CT molecular complexity index is 591.